The predicted octanol–water partition coefficient (Wildman–Crippen LogP) is 2.88. The summed E-state index contributed by atoms with van der Waals surface area (Å²) in [5, 5.41) is 0. The normalized spacial score (nSPS) is 17.6. The first kappa shape index (κ1) is 22.1. The Labute approximate surface area is 178 Å². The van der Waals surface area contributed by atoms with Gasteiger partial charge in [-0.3, -0.25) is 14.4 Å². The maximum Gasteiger partial charge on any atom is 0.309 e. The molecule has 1 saturated carbocycles. The summed E-state index contributed by atoms with van der Waals surface area (Å²) in [6, 6.07) is 7.14. The van der Waals surface area contributed by atoms with Crippen molar-refractivity contribution in [3.63, 3.8) is 0 Å². The van der Waals surface area contributed by atoms with E-state index in [0.717, 1.165) is 18.6 Å². The smallest absolute Gasteiger partial charge is 0.309 e. The molecule has 0 aromatic heterocycles. The molecule has 0 radical (unpaired) electrons. The van der Waals surface area contributed by atoms with Gasteiger partial charge in [0.2, 0.25) is 5.91 Å². The van der Waals surface area contributed by atoms with Crippen LogP contribution in [0.1, 0.15) is 55.8 Å². The van der Waals surface area contributed by atoms with E-state index in [1.165, 1.54) is 17.7 Å². The van der Waals surface area contributed by atoms with Crippen molar-refractivity contribution in [2.24, 2.45) is 5.92 Å². The first-order valence-corrected chi connectivity index (χ1v) is 10.9. The van der Waals surface area contributed by atoms with E-state index in [4.69, 9.17) is 9.47 Å². The van der Waals surface area contributed by atoms with Crippen LogP contribution in [0.3, 0.4) is 0 Å². The summed E-state index contributed by atoms with van der Waals surface area (Å²) in [7, 11) is 1.63. The molecule has 0 N–H and O–H groups in total. The molecular weight excluding hydrogens is 384 g/mol. The largest absolute Gasteiger partial charge is 0.490 e. The van der Waals surface area contributed by atoms with Crippen LogP contribution >= 0.6 is 0 Å². The fourth-order valence-electron chi connectivity index (χ4n) is 4.09. The molecule has 0 spiro atoms. The van der Waals surface area contributed by atoms with Gasteiger partial charge in [-0.2, -0.15) is 0 Å². The molecule has 164 valence electrons. The van der Waals surface area contributed by atoms with Crippen molar-refractivity contribution in [1.29, 1.82) is 0 Å². The van der Waals surface area contributed by atoms with Gasteiger partial charge in [0.1, 0.15) is 5.75 Å². The van der Waals surface area contributed by atoms with E-state index in [9.17, 15) is 14.4 Å². The Morgan fingerprint density at radius 2 is 1.67 bits per heavy atom. The zero-order valence-electron chi connectivity index (χ0n) is 18.0. The SMILES string of the molecule is CCOC(=O)C1CCN(C(=O)CN(C)C(=O)c2ccc(OC3CCCC3)cc2)CC1. The maximum absolute atomic E-state index is 12.7. The molecule has 1 aromatic rings. The van der Waals surface area contributed by atoms with Gasteiger partial charge in [0, 0.05) is 25.7 Å². The summed E-state index contributed by atoms with van der Waals surface area (Å²) in [5.41, 5.74) is 0.532. The minimum atomic E-state index is -0.197. The van der Waals surface area contributed by atoms with Gasteiger partial charge in [-0.15, -0.1) is 0 Å². The summed E-state index contributed by atoms with van der Waals surface area (Å²) >= 11 is 0. The van der Waals surface area contributed by atoms with Gasteiger partial charge >= 0.3 is 5.97 Å². The van der Waals surface area contributed by atoms with Crippen molar-refractivity contribution in [3.05, 3.63) is 29.8 Å². The lowest BCUT2D eigenvalue weighted by Crippen LogP contribution is -2.45. The van der Waals surface area contributed by atoms with Crippen LogP contribution in [0.4, 0.5) is 0 Å². The van der Waals surface area contributed by atoms with Crippen molar-refractivity contribution >= 4 is 17.8 Å². The molecule has 2 amide bonds. The second kappa shape index (κ2) is 10.5. The Morgan fingerprint density at radius 1 is 1.03 bits per heavy atom. The summed E-state index contributed by atoms with van der Waals surface area (Å²) < 4.78 is 11.0. The Morgan fingerprint density at radius 3 is 2.27 bits per heavy atom. The number of carbonyl (C=O) groups excluding carboxylic acids is 3. The molecule has 0 bridgehead atoms. The Hall–Kier alpha value is -2.57. The Bertz CT molecular complexity index is 734. The molecule has 2 aliphatic rings. The van der Waals surface area contributed by atoms with Gasteiger partial charge in [-0.1, -0.05) is 0 Å². The second-order valence-corrected chi connectivity index (χ2v) is 8.12. The number of likely N-dealkylation sites (tertiary alicyclic amines) is 1. The summed E-state index contributed by atoms with van der Waals surface area (Å²) in [5.74, 6) is 0.156. The third kappa shape index (κ3) is 5.74. The second-order valence-electron chi connectivity index (χ2n) is 8.12. The summed E-state index contributed by atoms with van der Waals surface area (Å²) in [6.45, 7) is 3.20. The van der Waals surface area contributed by atoms with Crippen LogP contribution in [0.25, 0.3) is 0 Å². The molecule has 3 rings (SSSR count). The van der Waals surface area contributed by atoms with E-state index in [0.29, 0.717) is 38.1 Å². The van der Waals surface area contributed by atoms with Crippen molar-refractivity contribution in [2.75, 3.05) is 33.3 Å². The van der Waals surface area contributed by atoms with Crippen LogP contribution in [0, 0.1) is 5.92 Å². The van der Waals surface area contributed by atoms with Crippen LogP contribution in [-0.2, 0) is 14.3 Å². The molecule has 2 fully saturated rings. The van der Waals surface area contributed by atoms with Gasteiger partial charge in [0.05, 0.1) is 25.2 Å². The highest BCUT2D eigenvalue weighted by Crippen LogP contribution is 2.24. The lowest BCUT2D eigenvalue weighted by Gasteiger charge is -2.32. The van der Waals surface area contributed by atoms with Gasteiger partial charge in [0.15, 0.2) is 0 Å². The number of rotatable bonds is 7. The average molecular weight is 417 g/mol. The number of ether oxygens (including phenoxy) is 2. The molecule has 0 unspecified atom stereocenters. The van der Waals surface area contributed by atoms with E-state index >= 15 is 0 Å². The molecule has 30 heavy (non-hydrogen) atoms. The zero-order chi connectivity index (χ0) is 21.5. The van der Waals surface area contributed by atoms with Crippen LogP contribution < -0.4 is 4.74 Å². The number of esters is 1. The number of hydrogen-bond donors (Lipinski definition) is 0. The lowest BCUT2D eigenvalue weighted by atomic mass is 9.97. The van der Waals surface area contributed by atoms with Crippen LogP contribution in [0.2, 0.25) is 0 Å². The van der Waals surface area contributed by atoms with Crippen LogP contribution in [0.15, 0.2) is 24.3 Å². The first-order chi connectivity index (χ1) is 14.5. The molecule has 1 aliphatic carbocycles. The Kier molecular flexibility index (Phi) is 7.71. The third-order valence-electron chi connectivity index (χ3n) is 5.89. The molecule has 1 aliphatic heterocycles. The molecular formula is C23H32N2O5. The van der Waals surface area contributed by atoms with E-state index < -0.39 is 0 Å². The molecule has 1 saturated heterocycles. The fraction of sp³-hybridized carbons (Fsp3) is 0.609. The van der Waals surface area contributed by atoms with Crippen molar-refractivity contribution in [2.45, 2.75) is 51.6 Å². The van der Waals surface area contributed by atoms with Gasteiger partial charge in [-0.25, -0.2) is 0 Å². The number of benzene rings is 1. The molecule has 1 aromatic carbocycles. The van der Waals surface area contributed by atoms with Crippen molar-refractivity contribution < 1.29 is 23.9 Å². The average Bonchev–Trinajstić information content (AvgIpc) is 3.27. The number of carbonyl (C=O) groups is 3. The minimum absolute atomic E-state index is 0.0171. The van der Waals surface area contributed by atoms with Gasteiger partial charge in [-0.05, 0) is 69.7 Å². The van der Waals surface area contributed by atoms with E-state index in [-0.39, 0.29) is 36.4 Å². The van der Waals surface area contributed by atoms with Gasteiger partial charge < -0.3 is 19.3 Å². The summed E-state index contributed by atoms with van der Waals surface area (Å²) in [6.07, 6.45) is 6.07. The molecule has 1 heterocycles. The number of hydrogen-bond acceptors (Lipinski definition) is 5. The minimum Gasteiger partial charge on any atom is -0.490 e. The van der Waals surface area contributed by atoms with Crippen molar-refractivity contribution in [1.82, 2.24) is 9.80 Å². The standard InChI is InChI=1S/C23H32N2O5/c1-3-29-23(28)18-12-14-25(15-13-18)21(26)16-24(2)22(27)17-8-10-20(11-9-17)30-19-6-4-5-7-19/h8-11,18-19H,3-7,12-16H2,1-2H3. The monoisotopic (exact) mass is 416 g/mol. The topological polar surface area (TPSA) is 76.2 Å². The van der Waals surface area contributed by atoms with E-state index in [1.807, 2.05) is 12.1 Å². The molecule has 0 atom stereocenters. The fourth-order valence-corrected chi connectivity index (χ4v) is 4.09. The lowest BCUT2D eigenvalue weighted by molar-refractivity contribution is -0.151. The Balaban J connectivity index is 1.46. The number of nitrogens with zero attached hydrogens (tertiary/aromatic N) is 2. The summed E-state index contributed by atoms with van der Waals surface area (Å²) in [4.78, 5) is 40.3. The third-order valence-corrected chi connectivity index (χ3v) is 5.89. The number of amides is 2. The van der Waals surface area contributed by atoms with Crippen molar-refractivity contribution in [3.8, 4) is 5.75 Å². The van der Waals surface area contributed by atoms with E-state index in [1.54, 1.807) is 31.0 Å². The quantitative estimate of drug-likeness (QED) is 0.639. The van der Waals surface area contributed by atoms with E-state index in [2.05, 4.69) is 0 Å². The number of piperidine rings is 1. The highest BCUT2D eigenvalue weighted by Gasteiger charge is 2.29. The highest BCUT2D eigenvalue weighted by molar-refractivity contribution is 5.96. The maximum atomic E-state index is 12.7. The highest BCUT2D eigenvalue weighted by atomic mass is 16.5. The number of likely N-dealkylation sites (N-methyl/N-ethyl adjacent to an activating group) is 1. The first-order valence-electron chi connectivity index (χ1n) is 10.9. The van der Waals surface area contributed by atoms with Gasteiger partial charge in [0.25, 0.3) is 5.91 Å². The zero-order valence-corrected chi connectivity index (χ0v) is 18.0. The predicted molar refractivity (Wildman–Crippen MR) is 112 cm³/mol. The molecule has 7 heteroatoms. The molecule has 7 nitrogen and oxygen atoms in total. The van der Waals surface area contributed by atoms with Crippen LogP contribution in [0.5, 0.6) is 5.75 Å². The van der Waals surface area contributed by atoms with Crippen LogP contribution in [-0.4, -0.2) is 67.0 Å².